The van der Waals surface area contributed by atoms with Crippen LogP contribution in [0.15, 0.2) is 23.1 Å². The molecular formula is C10H10F2OS. The van der Waals surface area contributed by atoms with Crippen LogP contribution in [-0.2, 0) is 0 Å². The van der Waals surface area contributed by atoms with Crippen molar-refractivity contribution in [2.24, 2.45) is 0 Å². The van der Waals surface area contributed by atoms with Crippen molar-refractivity contribution < 1.29 is 13.9 Å². The number of thioether (sulfide) groups is 1. The molecule has 0 spiro atoms. The predicted molar refractivity (Wildman–Crippen MR) is 51.2 cm³/mol. The SMILES string of the molecule is OC1CC(Sc2cc(F)ccc2F)C1. The van der Waals surface area contributed by atoms with E-state index in [0.717, 1.165) is 12.1 Å². The van der Waals surface area contributed by atoms with Crippen molar-refractivity contribution in [3.8, 4) is 0 Å². The van der Waals surface area contributed by atoms with Crippen LogP contribution in [0.25, 0.3) is 0 Å². The highest BCUT2D eigenvalue weighted by atomic mass is 32.2. The molecule has 14 heavy (non-hydrogen) atoms. The molecule has 1 fully saturated rings. The lowest BCUT2D eigenvalue weighted by molar-refractivity contribution is 0.101. The molecule has 0 amide bonds. The Labute approximate surface area is 85.1 Å². The third-order valence-electron chi connectivity index (χ3n) is 2.26. The van der Waals surface area contributed by atoms with Gasteiger partial charge in [0.1, 0.15) is 11.6 Å². The first-order chi connectivity index (χ1) is 6.65. The van der Waals surface area contributed by atoms with E-state index in [4.69, 9.17) is 5.11 Å². The lowest BCUT2D eigenvalue weighted by Crippen LogP contribution is -2.30. The molecule has 0 unspecified atom stereocenters. The van der Waals surface area contributed by atoms with Gasteiger partial charge in [0.05, 0.1) is 6.10 Å². The quantitative estimate of drug-likeness (QED) is 0.820. The van der Waals surface area contributed by atoms with Crippen LogP contribution in [0, 0.1) is 11.6 Å². The van der Waals surface area contributed by atoms with Crippen molar-refractivity contribution in [2.45, 2.75) is 29.1 Å². The van der Waals surface area contributed by atoms with E-state index in [9.17, 15) is 8.78 Å². The van der Waals surface area contributed by atoms with Gasteiger partial charge in [0, 0.05) is 10.1 Å². The van der Waals surface area contributed by atoms with Crippen molar-refractivity contribution in [3.05, 3.63) is 29.8 Å². The summed E-state index contributed by atoms with van der Waals surface area (Å²) in [6.45, 7) is 0. The van der Waals surface area contributed by atoms with Gasteiger partial charge in [-0.15, -0.1) is 11.8 Å². The molecule has 0 aromatic heterocycles. The zero-order valence-corrected chi connectivity index (χ0v) is 8.23. The van der Waals surface area contributed by atoms with E-state index < -0.39 is 11.6 Å². The van der Waals surface area contributed by atoms with Gasteiger partial charge in [0.15, 0.2) is 0 Å². The Morgan fingerprint density at radius 3 is 2.64 bits per heavy atom. The zero-order valence-electron chi connectivity index (χ0n) is 7.41. The Morgan fingerprint density at radius 2 is 2.00 bits per heavy atom. The topological polar surface area (TPSA) is 20.2 Å². The predicted octanol–water partition coefficient (Wildman–Crippen LogP) is 2.58. The summed E-state index contributed by atoms with van der Waals surface area (Å²) < 4.78 is 25.9. The van der Waals surface area contributed by atoms with Gasteiger partial charge in [-0.2, -0.15) is 0 Å². The van der Waals surface area contributed by atoms with Crippen LogP contribution in [0.4, 0.5) is 8.78 Å². The summed E-state index contributed by atoms with van der Waals surface area (Å²) >= 11 is 1.30. The fourth-order valence-corrected chi connectivity index (χ4v) is 2.74. The summed E-state index contributed by atoms with van der Waals surface area (Å²) in [4.78, 5) is 0.335. The zero-order chi connectivity index (χ0) is 10.1. The lowest BCUT2D eigenvalue weighted by Gasteiger charge is -2.30. The Bertz CT molecular complexity index is 337. The first kappa shape index (κ1) is 9.93. The summed E-state index contributed by atoms with van der Waals surface area (Å²) in [6.07, 6.45) is 1.07. The summed E-state index contributed by atoms with van der Waals surface area (Å²) in [7, 11) is 0. The number of benzene rings is 1. The van der Waals surface area contributed by atoms with Gasteiger partial charge in [-0.25, -0.2) is 8.78 Å². The van der Waals surface area contributed by atoms with E-state index >= 15 is 0 Å². The molecule has 1 aliphatic rings. The second-order valence-electron chi connectivity index (χ2n) is 3.44. The van der Waals surface area contributed by atoms with E-state index in [-0.39, 0.29) is 11.4 Å². The number of rotatable bonds is 2. The average Bonchev–Trinajstić information content (AvgIpc) is 2.09. The fraction of sp³-hybridized carbons (Fsp3) is 0.400. The maximum Gasteiger partial charge on any atom is 0.136 e. The van der Waals surface area contributed by atoms with E-state index in [1.807, 2.05) is 0 Å². The number of hydrogen-bond acceptors (Lipinski definition) is 2. The molecule has 0 radical (unpaired) electrons. The third-order valence-corrected chi connectivity index (χ3v) is 3.54. The van der Waals surface area contributed by atoms with Crippen LogP contribution < -0.4 is 0 Å². The molecule has 76 valence electrons. The van der Waals surface area contributed by atoms with Crippen molar-refractivity contribution in [1.29, 1.82) is 0 Å². The monoisotopic (exact) mass is 216 g/mol. The molecule has 1 nitrogen and oxygen atoms in total. The maximum absolute atomic E-state index is 13.1. The molecule has 1 aliphatic carbocycles. The van der Waals surface area contributed by atoms with Crippen molar-refractivity contribution >= 4 is 11.8 Å². The summed E-state index contributed by atoms with van der Waals surface area (Å²) in [6, 6.07) is 3.44. The Morgan fingerprint density at radius 1 is 1.29 bits per heavy atom. The minimum absolute atomic E-state index is 0.223. The van der Waals surface area contributed by atoms with Gasteiger partial charge >= 0.3 is 0 Å². The molecule has 2 rings (SSSR count). The van der Waals surface area contributed by atoms with Gasteiger partial charge in [0.25, 0.3) is 0 Å². The van der Waals surface area contributed by atoms with Crippen LogP contribution >= 0.6 is 11.8 Å². The molecule has 0 atom stereocenters. The van der Waals surface area contributed by atoms with Gasteiger partial charge in [0.2, 0.25) is 0 Å². The minimum Gasteiger partial charge on any atom is -0.393 e. The van der Waals surface area contributed by atoms with E-state index in [1.165, 1.54) is 17.8 Å². The highest BCUT2D eigenvalue weighted by molar-refractivity contribution is 8.00. The molecule has 1 saturated carbocycles. The molecule has 1 aromatic carbocycles. The highest BCUT2D eigenvalue weighted by Gasteiger charge is 2.28. The van der Waals surface area contributed by atoms with Crippen LogP contribution in [0.2, 0.25) is 0 Å². The molecule has 0 heterocycles. The highest BCUT2D eigenvalue weighted by Crippen LogP contribution is 2.37. The number of aliphatic hydroxyl groups excluding tert-OH is 1. The number of aliphatic hydroxyl groups is 1. The molecule has 4 heteroatoms. The Balaban J connectivity index is 2.05. The molecule has 1 aromatic rings. The maximum atomic E-state index is 13.1. The van der Waals surface area contributed by atoms with E-state index in [1.54, 1.807) is 0 Å². The molecule has 0 saturated heterocycles. The third kappa shape index (κ3) is 2.07. The Kier molecular flexibility index (Phi) is 2.74. The summed E-state index contributed by atoms with van der Waals surface area (Å²) in [5, 5.41) is 9.26. The van der Waals surface area contributed by atoms with Crippen LogP contribution in [0.5, 0.6) is 0 Å². The fourth-order valence-electron chi connectivity index (χ4n) is 1.38. The second kappa shape index (κ2) is 3.87. The summed E-state index contributed by atoms with van der Waals surface area (Å²) in [5.41, 5.74) is 0. The largest absolute Gasteiger partial charge is 0.393 e. The first-order valence-corrected chi connectivity index (χ1v) is 5.33. The lowest BCUT2D eigenvalue weighted by atomic mass is 9.96. The molecule has 0 bridgehead atoms. The van der Waals surface area contributed by atoms with E-state index in [0.29, 0.717) is 17.7 Å². The van der Waals surface area contributed by atoms with Crippen LogP contribution in [0.1, 0.15) is 12.8 Å². The van der Waals surface area contributed by atoms with Crippen LogP contribution in [-0.4, -0.2) is 16.5 Å². The van der Waals surface area contributed by atoms with E-state index in [2.05, 4.69) is 0 Å². The summed E-state index contributed by atoms with van der Waals surface area (Å²) in [5.74, 6) is -0.813. The minimum atomic E-state index is -0.422. The first-order valence-electron chi connectivity index (χ1n) is 4.45. The second-order valence-corrected chi connectivity index (χ2v) is 4.78. The van der Waals surface area contributed by atoms with Crippen molar-refractivity contribution in [2.75, 3.05) is 0 Å². The number of halogens is 2. The standard InChI is InChI=1S/C10H10F2OS/c11-6-1-2-9(12)10(3-6)14-8-4-7(13)5-8/h1-3,7-8,13H,4-5H2. The van der Waals surface area contributed by atoms with Gasteiger partial charge < -0.3 is 5.11 Å². The van der Waals surface area contributed by atoms with Crippen molar-refractivity contribution in [1.82, 2.24) is 0 Å². The smallest absolute Gasteiger partial charge is 0.136 e. The van der Waals surface area contributed by atoms with Crippen LogP contribution in [0.3, 0.4) is 0 Å². The van der Waals surface area contributed by atoms with Gasteiger partial charge in [-0.05, 0) is 31.0 Å². The molecule has 0 aliphatic heterocycles. The molecule has 1 N–H and O–H groups in total. The van der Waals surface area contributed by atoms with Crippen molar-refractivity contribution in [3.63, 3.8) is 0 Å². The van der Waals surface area contributed by atoms with Gasteiger partial charge in [-0.3, -0.25) is 0 Å². The Hall–Kier alpha value is -0.610. The number of hydrogen-bond donors (Lipinski definition) is 1. The average molecular weight is 216 g/mol. The normalized spacial score (nSPS) is 25.9. The van der Waals surface area contributed by atoms with Gasteiger partial charge in [-0.1, -0.05) is 0 Å². The molecular weight excluding hydrogens is 206 g/mol.